The molecule has 0 amide bonds. The fraction of sp³-hybridized carbons (Fsp3) is 0.900. The van der Waals surface area contributed by atoms with Crippen LogP contribution in [0.2, 0.25) is 0 Å². The quantitative estimate of drug-likeness (QED) is 0.0283. The third-order valence-corrected chi connectivity index (χ3v) is 11.4. The van der Waals surface area contributed by atoms with Crippen molar-refractivity contribution in [3.8, 4) is 0 Å². The molecule has 0 spiro atoms. The number of esters is 2. The Morgan fingerprint density at radius 2 is 0.879 bits per heavy atom. The summed E-state index contributed by atoms with van der Waals surface area (Å²) in [5.41, 5.74) is 0. The molecule has 0 aromatic carbocycles. The number of hydrogen-bond donors (Lipinski definition) is 1. The van der Waals surface area contributed by atoms with Gasteiger partial charge in [0.1, 0.15) is 6.61 Å². The third kappa shape index (κ3) is 39.5. The number of aliphatic carboxylic acids is 1. The van der Waals surface area contributed by atoms with Gasteiger partial charge in [0.05, 0.1) is 34.4 Å². The molecule has 0 aromatic heterocycles. The van der Waals surface area contributed by atoms with Crippen molar-refractivity contribution in [2.45, 2.75) is 251 Å². The van der Waals surface area contributed by atoms with Crippen molar-refractivity contribution in [3.05, 3.63) is 12.2 Å². The Kier molecular flexibility index (Phi) is 40.4. The zero-order chi connectivity index (χ0) is 42.8. The van der Waals surface area contributed by atoms with Crippen LogP contribution < -0.4 is 0 Å². The van der Waals surface area contributed by atoms with Crippen LogP contribution in [0.25, 0.3) is 0 Å². The van der Waals surface area contributed by atoms with Crippen molar-refractivity contribution < 1.29 is 38.2 Å². The van der Waals surface area contributed by atoms with E-state index in [1.165, 1.54) is 154 Å². The number of ether oxygens (including phenoxy) is 3. The van der Waals surface area contributed by atoms with E-state index in [4.69, 9.17) is 14.2 Å². The molecule has 2 unspecified atom stereocenters. The van der Waals surface area contributed by atoms with E-state index in [0.29, 0.717) is 19.3 Å². The van der Waals surface area contributed by atoms with Crippen molar-refractivity contribution in [1.29, 1.82) is 0 Å². The van der Waals surface area contributed by atoms with Gasteiger partial charge in [-0.15, -0.1) is 0 Å². The van der Waals surface area contributed by atoms with E-state index in [-0.39, 0.29) is 36.2 Å². The molecule has 8 nitrogen and oxygen atoms in total. The highest BCUT2D eigenvalue weighted by atomic mass is 16.6. The standard InChI is InChI=1S/C50H95NO7/c1-6-8-10-12-14-16-18-19-20-21-22-23-24-25-26-27-28-29-31-32-34-36-38-40-48(52)57-45-46(44-56-43-42-47(50(54)55)51(3,4)5)58-49(53)41-39-37-35-33-30-17-15-13-11-9-7-2/h13,15,46-47H,6-12,14,16-45H2,1-5H3/p+1/b15-13+. The van der Waals surface area contributed by atoms with Crippen LogP contribution in [0.5, 0.6) is 0 Å². The van der Waals surface area contributed by atoms with Gasteiger partial charge in [-0.3, -0.25) is 9.59 Å². The van der Waals surface area contributed by atoms with Crippen molar-refractivity contribution in [2.24, 2.45) is 0 Å². The van der Waals surface area contributed by atoms with Crippen LogP contribution in [0.1, 0.15) is 239 Å². The highest BCUT2D eigenvalue weighted by molar-refractivity contribution is 5.72. The van der Waals surface area contributed by atoms with Crippen molar-refractivity contribution in [3.63, 3.8) is 0 Å². The lowest BCUT2D eigenvalue weighted by atomic mass is 10.0. The molecule has 0 rings (SSSR count). The number of quaternary nitrogens is 1. The molecule has 58 heavy (non-hydrogen) atoms. The van der Waals surface area contributed by atoms with Crippen LogP contribution in [0.3, 0.4) is 0 Å². The van der Waals surface area contributed by atoms with E-state index in [1.807, 2.05) is 21.1 Å². The summed E-state index contributed by atoms with van der Waals surface area (Å²) >= 11 is 0. The second-order valence-corrected chi connectivity index (χ2v) is 18.1. The van der Waals surface area contributed by atoms with E-state index in [9.17, 15) is 19.5 Å². The van der Waals surface area contributed by atoms with Crippen LogP contribution in [-0.4, -0.2) is 80.6 Å². The topological polar surface area (TPSA) is 99.1 Å². The Morgan fingerprint density at radius 1 is 0.500 bits per heavy atom. The first-order chi connectivity index (χ1) is 28.1. The smallest absolute Gasteiger partial charge is 0.362 e. The molecule has 1 N–H and O–H groups in total. The largest absolute Gasteiger partial charge is 0.477 e. The Bertz CT molecular complexity index is 962. The molecular formula is C50H96NO7+. The normalized spacial score (nSPS) is 12.9. The molecule has 0 saturated carbocycles. The maximum absolute atomic E-state index is 12.7. The molecule has 0 fully saturated rings. The van der Waals surface area contributed by atoms with Crippen molar-refractivity contribution in [2.75, 3.05) is 41.0 Å². The van der Waals surface area contributed by atoms with Gasteiger partial charge in [0.25, 0.3) is 0 Å². The maximum Gasteiger partial charge on any atom is 0.362 e. The number of hydrogen-bond acceptors (Lipinski definition) is 6. The van der Waals surface area contributed by atoms with E-state index in [2.05, 4.69) is 26.0 Å². The molecule has 0 heterocycles. The first kappa shape index (κ1) is 56.1. The first-order valence-electron chi connectivity index (χ1n) is 24.7. The molecular weight excluding hydrogens is 727 g/mol. The number of rotatable bonds is 45. The summed E-state index contributed by atoms with van der Waals surface area (Å²) < 4.78 is 17.3. The SMILES string of the molecule is CCCC/C=C/CCCCCCCC(=O)OC(COCCC(C(=O)O)[N+](C)(C)C)COC(=O)CCCCCCCCCCCCCCCCCCCCCCCCC. The summed E-state index contributed by atoms with van der Waals surface area (Å²) in [5.74, 6) is -1.46. The Labute approximate surface area is 359 Å². The van der Waals surface area contributed by atoms with E-state index in [0.717, 1.165) is 51.4 Å². The molecule has 0 radical (unpaired) electrons. The van der Waals surface area contributed by atoms with Crippen molar-refractivity contribution >= 4 is 17.9 Å². The second kappa shape index (κ2) is 41.8. The average Bonchev–Trinajstić information content (AvgIpc) is 3.18. The second-order valence-electron chi connectivity index (χ2n) is 18.1. The van der Waals surface area contributed by atoms with Gasteiger partial charge in [-0.05, 0) is 32.1 Å². The zero-order valence-electron chi connectivity index (χ0n) is 39.0. The lowest BCUT2D eigenvalue weighted by Crippen LogP contribution is -2.50. The van der Waals surface area contributed by atoms with Crippen LogP contribution in [0.15, 0.2) is 12.2 Å². The van der Waals surface area contributed by atoms with E-state index >= 15 is 0 Å². The van der Waals surface area contributed by atoms with Crippen molar-refractivity contribution in [1.82, 2.24) is 0 Å². The van der Waals surface area contributed by atoms with Gasteiger partial charge >= 0.3 is 17.9 Å². The summed E-state index contributed by atoms with van der Waals surface area (Å²) in [5, 5.41) is 9.62. The molecule has 2 atom stereocenters. The van der Waals surface area contributed by atoms with Gasteiger partial charge in [0.2, 0.25) is 0 Å². The summed E-state index contributed by atoms with van der Waals surface area (Å²) in [6.45, 7) is 4.73. The summed E-state index contributed by atoms with van der Waals surface area (Å²) in [4.78, 5) is 37.0. The minimum absolute atomic E-state index is 0.0482. The molecule has 0 saturated heterocycles. The van der Waals surface area contributed by atoms with Gasteiger partial charge in [0.15, 0.2) is 12.1 Å². The minimum Gasteiger partial charge on any atom is -0.477 e. The van der Waals surface area contributed by atoms with Gasteiger partial charge in [-0.1, -0.05) is 199 Å². The third-order valence-electron chi connectivity index (χ3n) is 11.4. The van der Waals surface area contributed by atoms with Crippen LogP contribution in [-0.2, 0) is 28.6 Å². The highest BCUT2D eigenvalue weighted by Crippen LogP contribution is 2.17. The number of carboxylic acids is 1. The number of carbonyl (C=O) groups is 3. The predicted octanol–water partition coefficient (Wildman–Crippen LogP) is 13.9. The summed E-state index contributed by atoms with van der Waals surface area (Å²) in [6.07, 6.45) is 45.6. The Balaban J connectivity index is 4.11. The van der Waals surface area contributed by atoms with Gasteiger partial charge in [-0.2, -0.15) is 0 Å². The first-order valence-corrected chi connectivity index (χ1v) is 24.7. The number of allylic oxidation sites excluding steroid dienone is 2. The van der Waals surface area contributed by atoms with Crippen LogP contribution in [0.4, 0.5) is 0 Å². The minimum atomic E-state index is -0.873. The van der Waals surface area contributed by atoms with Gasteiger partial charge in [0, 0.05) is 19.3 Å². The van der Waals surface area contributed by atoms with E-state index in [1.54, 1.807) is 0 Å². The van der Waals surface area contributed by atoms with Crippen LogP contribution >= 0.6 is 0 Å². The molecule has 0 aliphatic rings. The monoisotopic (exact) mass is 823 g/mol. The number of nitrogens with zero attached hydrogens (tertiary/aromatic N) is 1. The number of carboxylic acid groups (broad SMARTS) is 1. The van der Waals surface area contributed by atoms with Crippen LogP contribution in [0, 0.1) is 0 Å². The lowest BCUT2D eigenvalue weighted by molar-refractivity contribution is -0.887. The predicted molar refractivity (Wildman–Crippen MR) is 243 cm³/mol. The molecule has 0 bridgehead atoms. The Morgan fingerprint density at radius 3 is 1.29 bits per heavy atom. The highest BCUT2D eigenvalue weighted by Gasteiger charge is 2.31. The fourth-order valence-electron chi connectivity index (χ4n) is 7.55. The molecule has 0 aromatic rings. The zero-order valence-corrected chi connectivity index (χ0v) is 39.0. The fourth-order valence-corrected chi connectivity index (χ4v) is 7.55. The Hall–Kier alpha value is -1.93. The summed E-state index contributed by atoms with van der Waals surface area (Å²) in [7, 11) is 5.53. The molecule has 342 valence electrons. The van der Waals surface area contributed by atoms with E-state index < -0.39 is 18.1 Å². The number of carbonyl (C=O) groups excluding carboxylic acids is 2. The maximum atomic E-state index is 12.7. The average molecular weight is 823 g/mol. The lowest BCUT2D eigenvalue weighted by Gasteiger charge is -2.31. The van der Waals surface area contributed by atoms with Gasteiger partial charge in [-0.25, -0.2) is 4.79 Å². The molecule has 0 aliphatic heterocycles. The molecule has 0 aliphatic carbocycles. The number of unbranched alkanes of at least 4 members (excludes halogenated alkanes) is 29. The number of likely N-dealkylation sites (N-methyl/N-ethyl adjacent to an activating group) is 1. The molecule has 8 heteroatoms. The van der Waals surface area contributed by atoms with Gasteiger partial charge < -0.3 is 23.8 Å². The summed E-state index contributed by atoms with van der Waals surface area (Å²) in [6, 6.07) is -0.612.